The Labute approximate surface area is 166 Å². The zero-order chi connectivity index (χ0) is 19.4. The molecule has 0 fully saturated rings. The van der Waals surface area contributed by atoms with Crippen LogP contribution in [0, 0.1) is 18.3 Å². The minimum absolute atomic E-state index is 0.0738. The number of thioether (sulfide) groups is 1. The summed E-state index contributed by atoms with van der Waals surface area (Å²) >= 11 is 7.44. The van der Waals surface area contributed by atoms with E-state index in [1.165, 1.54) is 17.3 Å². The van der Waals surface area contributed by atoms with Gasteiger partial charge in [0, 0.05) is 10.6 Å². The molecular formula is C20H16ClN3O2S. The summed E-state index contributed by atoms with van der Waals surface area (Å²) in [5.74, 6) is 0.502. The highest BCUT2D eigenvalue weighted by Crippen LogP contribution is 2.33. The Bertz CT molecular complexity index is 1070. The minimum Gasteiger partial charge on any atom is -0.488 e. The maximum atomic E-state index is 12.2. The third-order valence-corrected chi connectivity index (χ3v) is 4.73. The molecule has 1 heterocycles. The van der Waals surface area contributed by atoms with Gasteiger partial charge in [-0.05, 0) is 36.9 Å². The lowest BCUT2D eigenvalue weighted by atomic mass is 10.1. The molecular weight excluding hydrogens is 382 g/mol. The Balaban J connectivity index is 2.05. The van der Waals surface area contributed by atoms with Crippen molar-refractivity contribution in [3.63, 3.8) is 0 Å². The molecule has 0 unspecified atom stereocenters. The molecule has 0 aliphatic rings. The molecule has 7 heteroatoms. The van der Waals surface area contributed by atoms with Crippen LogP contribution in [0.2, 0.25) is 5.02 Å². The molecule has 0 saturated heterocycles. The lowest BCUT2D eigenvalue weighted by molar-refractivity contribution is 0.307. The Morgan fingerprint density at radius 1 is 1.26 bits per heavy atom. The summed E-state index contributed by atoms with van der Waals surface area (Å²) in [7, 11) is 0. The van der Waals surface area contributed by atoms with E-state index in [1.54, 1.807) is 24.5 Å². The largest absolute Gasteiger partial charge is 0.488 e. The van der Waals surface area contributed by atoms with Gasteiger partial charge < -0.3 is 9.72 Å². The van der Waals surface area contributed by atoms with Crippen molar-refractivity contribution in [1.29, 1.82) is 5.26 Å². The van der Waals surface area contributed by atoms with Crippen LogP contribution < -0.4 is 10.3 Å². The number of aryl methyl sites for hydroxylation is 1. The number of aromatic nitrogens is 2. The number of halogens is 1. The van der Waals surface area contributed by atoms with Gasteiger partial charge in [-0.15, -0.1) is 0 Å². The Kier molecular flexibility index (Phi) is 5.84. The van der Waals surface area contributed by atoms with E-state index in [0.29, 0.717) is 28.1 Å². The zero-order valence-electron chi connectivity index (χ0n) is 14.7. The van der Waals surface area contributed by atoms with Crippen LogP contribution in [0.5, 0.6) is 5.75 Å². The van der Waals surface area contributed by atoms with E-state index in [2.05, 4.69) is 9.97 Å². The number of hydrogen-bond donors (Lipinski definition) is 1. The van der Waals surface area contributed by atoms with Crippen LogP contribution in [0.1, 0.15) is 16.7 Å². The quantitative estimate of drug-likeness (QED) is 0.504. The Morgan fingerprint density at radius 3 is 2.67 bits per heavy atom. The van der Waals surface area contributed by atoms with Gasteiger partial charge in [-0.3, -0.25) is 4.79 Å². The number of rotatable bonds is 5. The maximum Gasteiger partial charge on any atom is 0.270 e. The van der Waals surface area contributed by atoms with Crippen molar-refractivity contribution in [1.82, 2.24) is 9.97 Å². The second-order valence-corrected chi connectivity index (χ2v) is 7.06. The van der Waals surface area contributed by atoms with Crippen molar-refractivity contribution < 1.29 is 4.74 Å². The monoisotopic (exact) mass is 397 g/mol. The summed E-state index contributed by atoms with van der Waals surface area (Å²) in [6, 6.07) is 15.0. The molecule has 3 aromatic rings. The van der Waals surface area contributed by atoms with Gasteiger partial charge in [0.2, 0.25) is 0 Å². The molecule has 0 aliphatic heterocycles. The number of benzene rings is 2. The van der Waals surface area contributed by atoms with Crippen LogP contribution >= 0.6 is 23.4 Å². The van der Waals surface area contributed by atoms with Gasteiger partial charge in [0.15, 0.2) is 5.16 Å². The fourth-order valence-electron chi connectivity index (χ4n) is 2.51. The fourth-order valence-corrected chi connectivity index (χ4v) is 3.06. The molecule has 5 nitrogen and oxygen atoms in total. The molecule has 3 rings (SSSR count). The van der Waals surface area contributed by atoms with Crippen LogP contribution in [-0.4, -0.2) is 16.2 Å². The van der Waals surface area contributed by atoms with Crippen LogP contribution in [0.4, 0.5) is 0 Å². The van der Waals surface area contributed by atoms with E-state index in [0.717, 1.165) is 5.56 Å². The summed E-state index contributed by atoms with van der Waals surface area (Å²) < 4.78 is 5.96. The summed E-state index contributed by atoms with van der Waals surface area (Å²) in [6.45, 7) is 2.36. The maximum absolute atomic E-state index is 12.2. The van der Waals surface area contributed by atoms with Crippen LogP contribution in [0.25, 0.3) is 11.3 Å². The van der Waals surface area contributed by atoms with Gasteiger partial charge in [0.1, 0.15) is 29.7 Å². The average Bonchev–Trinajstić information content (AvgIpc) is 2.67. The van der Waals surface area contributed by atoms with Gasteiger partial charge in [-0.2, -0.15) is 5.26 Å². The van der Waals surface area contributed by atoms with Gasteiger partial charge in [-0.25, -0.2) is 4.98 Å². The van der Waals surface area contributed by atoms with Gasteiger partial charge >= 0.3 is 0 Å². The van der Waals surface area contributed by atoms with Crippen molar-refractivity contribution in [2.75, 3.05) is 6.26 Å². The standard InChI is InChI=1S/C20H16ClN3O2S/c1-12-3-5-13(6-4-12)11-26-17-8-7-14(21)9-15(17)18-16(10-22)19(25)24-20(23-18)27-2/h3-9H,11H2,1-2H3,(H,23,24,25). The summed E-state index contributed by atoms with van der Waals surface area (Å²) in [4.78, 5) is 19.2. The van der Waals surface area contributed by atoms with E-state index in [1.807, 2.05) is 37.3 Å². The second kappa shape index (κ2) is 8.30. The van der Waals surface area contributed by atoms with E-state index in [4.69, 9.17) is 16.3 Å². The molecule has 2 aromatic carbocycles. The van der Waals surface area contributed by atoms with Crippen molar-refractivity contribution in [3.8, 4) is 23.1 Å². The van der Waals surface area contributed by atoms with Gasteiger partial charge in [-0.1, -0.05) is 53.2 Å². The average molecular weight is 398 g/mol. The number of hydrogen-bond acceptors (Lipinski definition) is 5. The molecule has 0 saturated carbocycles. The molecule has 0 atom stereocenters. The molecule has 0 spiro atoms. The normalized spacial score (nSPS) is 10.4. The number of nitrogens with zero attached hydrogens (tertiary/aromatic N) is 2. The molecule has 1 N–H and O–H groups in total. The van der Waals surface area contributed by atoms with Crippen LogP contribution in [0.15, 0.2) is 52.4 Å². The van der Waals surface area contributed by atoms with E-state index in [9.17, 15) is 10.1 Å². The first-order chi connectivity index (χ1) is 13.0. The number of H-pyrrole nitrogens is 1. The molecule has 0 aliphatic carbocycles. The minimum atomic E-state index is -0.490. The van der Waals surface area contributed by atoms with E-state index in [-0.39, 0.29) is 11.3 Å². The molecule has 136 valence electrons. The third-order valence-electron chi connectivity index (χ3n) is 3.91. The predicted molar refractivity (Wildman–Crippen MR) is 107 cm³/mol. The smallest absolute Gasteiger partial charge is 0.270 e. The lowest BCUT2D eigenvalue weighted by Gasteiger charge is -2.13. The highest BCUT2D eigenvalue weighted by atomic mass is 35.5. The van der Waals surface area contributed by atoms with Crippen molar-refractivity contribution in [2.45, 2.75) is 18.7 Å². The Hall–Kier alpha value is -2.75. The number of ether oxygens (including phenoxy) is 1. The summed E-state index contributed by atoms with van der Waals surface area (Å²) in [5.41, 5.74) is 2.37. The molecule has 0 radical (unpaired) electrons. The first kappa shape index (κ1) is 19.0. The first-order valence-corrected chi connectivity index (χ1v) is 9.68. The van der Waals surface area contributed by atoms with Crippen LogP contribution in [-0.2, 0) is 6.61 Å². The molecule has 27 heavy (non-hydrogen) atoms. The first-order valence-electron chi connectivity index (χ1n) is 8.08. The van der Waals surface area contributed by atoms with Crippen LogP contribution in [0.3, 0.4) is 0 Å². The Morgan fingerprint density at radius 2 is 2.00 bits per heavy atom. The number of nitriles is 1. The zero-order valence-corrected chi connectivity index (χ0v) is 16.3. The summed E-state index contributed by atoms with van der Waals surface area (Å²) in [5, 5.41) is 10.3. The third kappa shape index (κ3) is 4.33. The summed E-state index contributed by atoms with van der Waals surface area (Å²) in [6.07, 6.45) is 1.79. The number of aromatic amines is 1. The SMILES string of the molecule is CSc1nc(-c2cc(Cl)ccc2OCc2ccc(C)cc2)c(C#N)c(=O)[nH]1. The molecule has 0 bridgehead atoms. The van der Waals surface area contributed by atoms with Crippen molar-refractivity contribution in [3.05, 3.63) is 74.5 Å². The van der Waals surface area contributed by atoms with Crippen molar-refractivity contribution >= 4 is 23.4 Å². The number of nitrogens with one attached hydrogen (secondary N) is 1. The topological polar surface area (TPSA) is 78.8 Å². The lowest BCUT2D eigenvalue weighted by Crippen LogP contribution is -2.15. The molecule has 0 amide bonds. The predicted octanol–water partition coefficient (Wildman–Crippen LogP) is 4.57. The van der Waals surface area contributed by atoms with Crippen molar-refractivity contribution in [2.24, 2.45) is 0 Å². The van der Waals surface area contributed by atoms with Gasteiger partial charge in [0.05, 0.1) is 0 Å². The van der Waals surface area contributed by atoms with E-state index >= 15 is 0 Å². The fraction of sp³-hybridized carbons (Fsp3) is 0.150. The van der Waals surface area contributed by atoms with Gasteiger partial charge in [0.25, 0.3) is 5.56 Å². The highest BCUT2D eigenvalue weighted by Gasteiger charge is 2.18. The van der Waals surface area contributed by atoms with E-state index < -0.39 is 5.56 Å². The second-order valence-electron chi connectivity index (χ2n) is 5.83. The highest BCUT2D eigenvalue weighted by molar-refractivity contribution is 7.98. The molecule has 1 aromatic heterocycles.